The lowest BCUT2D eigenvalue weighted by Crippen LogP contribution is -2.29. The van der Waals surface area contributed by atoms with Crippen molar-refractivity contribution in [3.63, 3.8) is 0 Å². The molecule has 89 heavy (non-hydrogen) atoms. The van der Waals surface area contributed by atoms with Crippen LogP contribution in [0.2, 0.25) is 0 Å². The summed E-state index contributed by atoms with van der Waals surface area (Å²) in [5, 5.41) is 6.98. The van der Waals surface area contributed by atoms with Crippen LogP contribution in [-0.4, -0.2) is 4.57 Å². The number of anilines is 3. The minimum atomic E-state index is -0.673. The number of hydrogen-bond donors (Lipinski definition) is 0. The first kappa shape index (κ1) is 51.0. The van der Waals surface area contributed by atoms with Gasteiger partial charge in [0.05, 0.1) is 16.4 Å². The number of aromatic nitrogens is 1. The summed E-state index contributed by atoms with van der Waals surface area (Å²) in [6.45, 7) is 4.73. The Morgan fingerprint density at radius 2 is 0.843 bits per heavy atom. The number of hydrogen-bond acceptors (Lipinski definition) is 2. The summed E-state index contributed by atoms with van der Waals surface area (Å²) in [4.78, 5) is 2.43. The number of benzene rings is 14. The van der Waals surface area contributed by atoms with Crippen LogP contribution < -0.4 is 4.90 Å². The first-order chi connectivity index (χ1) is 43.9. The number of nitrogens with zero attached hydrogens (tertiary/aromatic N) is 2. The standard InChI is InChI=1S/C86H58N2O/c1-85(2)77-34-16-14-30-69(77)70-45-41-65(52-78(70)85)87(67-43-47-74-76-49-59-24-12-13-25-60(59)51-82(76)89-83(74)54-67)66-42-46-73-72-31-15-17-35-80(72)88(81(73)53-66)64-39-36-57(37-40-64)68-32-19-33-75-71-44-38-61(56-22-8-4-9-23-56)50-79(71)86(84(68)75,62-27-10-5-11-28-62)63-29-18-26-58(48-63)55-20-6-3-7-21-55/h3-54H,1-2H3. The third-order valence-electron chi connectivity index (χ3n) is 19.6. The van der Waals surface area contributed by atoms with Gasteiger partial charge in [0.25, 0.3) is 0 Å². The Morgan fingerprint density at radius 1 is 0.303 bits per heavy atom. The molecule has 418 valence electrons. The molecule has 0 bridgehead atoms. The molecule has 18 rings (SSSR count). The van der Waals surface area contributed by atoms with Crippen LogP contribution in [0.15, 0.2) is 320 Å². The Bertz CT molecular complexity index is 5520. The summed E-state index contributed by atoms with van der Waals surface area (Å²) in [5.41, 5.74) is 27.4. The van der Waals surface area contributed by atoms with Crippen LogP contribution in [0.3, 0.4) is 0 Å². The molecular formula is C86H58N2O. The lowest BCUT2D eigenvalue weighted by Gasteiger charge is -2.36. The predicted molar refractivity (Wildman–Crippen MR) is 371 cm³/mol. The van der Waals surface area contributed by atoms with E-state index >= 15 is 0 Å². The van der Waals surface area contributed by atoms with E-state index in [-0.39, 0.29) is 5.41 Å². The lowest BCUT2D eigenvalue weighted by molar-refractivity contribution is 0.660. The van der Waals surface area contributed by atoms with Gasteiger partial charge in [0.1, 0.15) is 11.2 Å². The average molecular weight is 1140 g/mol. The smallest absolute Gasteiger partial charge is 0.137 e. The van der Waals surface area contributed by atoms with Crippen molar-refractivity contribution in [1.29, 1.82) is 0 Å². The van der Waals surface area contributed by atoms with Gasteiger partial charge < -0.3 is 13.9 Å². The van der Waals surface area contributed by atoms with Crippen molar-refractivity contribution in [2.24, 2.45) is 0 Å². The van der Waals surface area contributed by atoms with Crippen molar-refractivity contribution in [1.82, 2.24) is 4.57 Å². The van der Waals surface area contributed by atoms with Crippen LogP contribution in [0.4, 0.5) is 17.1 Å². The fraction of sp³-hybridized carbons (Fsp3) is 0.0465. The minimum Gasteiger partial charge on any atom is -0.456 e. The van der Waals surface area contributed by atoms with Crippen LogP contribution in [-0.2, 0) is 10.8 Å². The molecule has 1 unspecified atom stereocenters. The molecule has 0 N–H and O–H groups in total. The van der Waals surface area contributed by atoms with Crippen LogP contribution in [0.5, 0.6) is 0 Å². The third kappa shape index (κ3) is 7.71. The number of furan rings is 1. The third-order valence-corrected chi connectivity index (χ3v) is 19.6. The van der Waals surface area contributed by atoms with Crippen LogP contribution in [0.25, 0.3) is 116 Å². The molecule has 2 aliphatic carbocycles. The summed E-state index contributed by atoms with van der Waals surface area (Å²) in [5.74, 6) is 0. The van der Waals surface area contributed by atoms with Gasteiger partial charge in [-0.25, -0.2) is 0 Å². The topological polar surface area (TPSA) is 21.3 Å². The van der Waals surface area contributed by atoms with E-state index in [9.17, 15) is 0 Å². The zero-order valence-electron chi connectivity index (χ0n) is 49.3. The van der Waals surface area contributed by atoms with Crippen molar-refractivity contribution < 1.29 is 4.42 Å². The second-order valence-electron chi connectivity index (χ2n) is 24.7. The van der Waals surface area contributed by atoms with Crippen molar-refractivity contribution in [2.75, 3.05) is 4.90 Å². The lowest BCUT2D eigenvalue weighted by atomic mass is 9.65. The van der Waals surface area contributed by atoms with E-state index < -0.39 is 5.41 Å². The van der Waals surface area contributed by atoms with Crippen molar-refractivity contribution in [2.45, 2.75) is 24.7 Å². The summed E-state index contributed by atoms with van der Waals surface area (Å²) < 4.78 is 9.27. The molecular weight excluding hydrogens is 1080 g/mol. The van der Waals surface area contributed by atoms with E-state index in [1.807, 2.05) is 0 Å². The normalized spacial score (nSPS) is 14.5. The highest BCUT2D eigenvalue weighted by Gasteiger charge is 2.48. The van der Waals surface area contributed by atoms with Gasteiger partial charge in [-0.05, 0) is 179 Å². The molecule has 0 radical (unpaired) electrons. The largest absolute Gasteiger partial charge is 0.456 e. The first-order valence-electron chi connectivity index (χ1n) is 31.0. The van der Waals surface area contributed by atoms with Gasteiger partial charge >= 0.3 is 0 Å². The maximum Gasteiger partial charge on any atom is 0.137 e. The Morgan fingerprint density at radius 3 is 1.64 bits per heavy atom. The molecule has 16 aromatic rings. The first-order valence-corrected chi connectivity index (χ1v) is 31.0. The highest BCUT2D eigenvalue weighted by Crippen LogP contribution is 2.60. The van der Waals surface area contributed by atoms with Crippen molar-refractivity contribution in [3.8, 4) is 61.3 Å². The molecule has 3 nitrogen and oxygen atoms in total. The maximum atomic E-state index is 6.81. The van der Waals surface area contributed by atoms with E-state index in [0.717, 1.165) is 61.3 Å². The molecule has 1 atom stereocenters. The molecule has 2 aliphatic rings. The zero-order chi connectivity index (χ0) is 59.0. The minimum absolute atomic E-state index is 0.187. The highest BCUT2D eigenvalue weighted by molar-refractivity contribution is 6.12. The predicted octanol–water partition coefficient (Wildman–Crippen LogP) is 23.0. The Balaban J connectivity index is 0.815. The average Bonchev–Trinajstić information content (AvgIpc) is 1.57. The van der Waals surface area contributed by atoms with Gasteiger partial charge in [-0.15, -0.1) is 0 Å². The number of para-hydroxylation sites is 1. The summed E-state index contributed by atoms with van der Waals surface area (Å²) in [6.07, 6.45) is 0. The fourth-order valence-electron chi connectivity index (χ4n) is 15.5. The Hall–Kier alpha value is -11.3. The van der Waals surface area contributed by atoms with Crippen molar-refractivity contribution in [3.05, 3.63) is 349 Å². The van der Waals surface area contributed by atoms with Crippen molar-refractivity contribution >= 4 is 71.6 Å². The second-order valence-corrected chi connectivity index (χ2v) is 24.7. The molecule has 0 aliphatic heterocycles. The quantitative estimate of drug-likeness (QED) is 0.144. The SMILES string of the molecule is CC1(C)c2ccccc2-c2ccc(N(c3ccc4c(c3)oc3cc5ccccc5cc34)c3ccc4c5ccccc5n(-c5ccc(-c6cccc7c6C(c6ccccc6)(c6cccc(-c8ccccc8)c6)c6cc(-c8ccccc8)ccc6-7)cc5)c4c3)cc21. The molecule has 14 aromatic carbocycles. The van der Waals surface area contributed by atoms with E-state index in [4.69, 9.17) is 4.42 Å². The summed E-state index contributed by atoms with van der Waals surface area (Å²) in [6, 6.07) is 117. The molecule has 2 heterocycles. The van der Waals surface area contributed by atoms with Gasteiger partial charge in [-0.1, -0.05) is 244 Å². The molecule has 0 spiro atoms. The van der Waals surface area contributed by atoms with Crippen LogP contribution >= 0.6 is 0 Å². The maximum absolute atomic E-state index is 6.81. The molecule has 2 aromatic heterocycles. The molecule has 3 heteroatoms. The van der Waals surface area contributed by atoms with Gasteiger partial charge in [-0.3, -0.25) is 0 Å². The molecule has 0 fully saturated rings. The van der Waals surface area contributed by atoms with Gasteiger partial charge in [-0.2, -0.15) is 0 Å². The van der Waals surface area contributed by atoms with Gasteiger partial charge in [0, 0.05) is 55.8 Å². The van der Waals surface area contributed by atoms with Gasteiger partial charge in [0.15, 0.2) is 0 Å². The fourth-order valence-corrected chi connectivity index (χ4v) is 15.5. The molecule has 0 amide bonds. The van der Waals surface area contributed by atoms with Gasteiger partial charge in [0.2, 0.25) is 0 Å². The molecule has 0 saturated carbocycles. The van der Waals surface area contributed by atoms with E-state index in [0.29, 0.717) is 0 Å². The number of rotatable bonds is 9. The van der Waals surface area contributed by atoms with E-state index in [1.165, 1.54) is 105 Å². The number of fused-ring (bicyclic) bond motifs is 13. The Kier molecular flexibility index (Phi) is 11.3. The Labute approximate surface area is 517 Å². The second kappa shape index (κ2) is 19.6. The summed E-state index contributed by atoms with van der Waals surface area (Å²) >= 11 is 0. The van der Waals surface area contributed by atoms with Crippen LogP contribution in [0.1, 0.15) is 47.2 Å². The molecule has 0 saturated heterocycles. The summed E-state index contributed by atoms with van der Waals surface area (Å²) in [7, 11) is 0. The van der Waals surface area contributed by atoms with E-state index in [2.05, 4.69) is 339 Å². The highest BCUT2D eigenvalue weighted by atomic mass is 16.3. The monoisotopic (exact) mass is 1130 g/mol. The van der Waals surface area contributed by atoms with E-state index in [1.54, 1.807) is 0 Å². The zero-order valence-corrected chi connectivity index (χ0v) is 49.3. The van der Waals surface area contributed by atoms with Crippen LogP contribution in [0, 0.1) is 0 Å².